The van der Waals surface area contributed by atoms with Crippen molar-refractivity contribution in [3.05, 3.63) is 69.0 Å². The molecule has 1 heterocycles. The summed E-state index contributed by atoms with van der Waals surface area (Å²) in [5.41, 5.74) is 3.31. The molecule has 0 spiro atoms. The summed E-state index contributed by atoms with van der Waals surface area (Å²) in [6, 6.07) is 10.3. The number of carbonyl (C=O) groups excluding carboxylic acids is 1. The van der Waals surface area contributed by atoms with Crippen molar-refractivity contribution in [2.24, 2.45) is 0 Å². The maximum atomic E-state index is 12.5. The topological polar surface area (TPSA) is 85.4 Å². The minimum atomic E-state index is -0.472. The van der Waals surface area contributed by atoms with Gasteiger partial charge in [-0.05, 0) is 39.0 Å². The van der Waals surface area contributed by atoms with Crippen LogP contribution in [0.1, 0.15) is 27.2 Å². The van der Waals surface area contributed by atoms with Crippen LogP contribution < -0.4 is 5.32 Å². The first kappa shape index (κ1) is 15.7. The van der Waals surface area contributed by atoms with E-state index in [1.54, 1.807) is 19.1 Å². The van der Waals surface area contributed by atoms with E-state index in [0.717, 1.165) is 16.5 Å². The molecule has 1 amide bonds. The third kappa shape index (κ3) is 2.74. The van der Waals surface area contributed by atoms with E-state index < -0.39 is 10.8 Å². The standard InChI is InChI=1S/C18H16N2O4/c1-10-4-7-16-14(8-10)12(3)17(24-16)18(21)19-13-6-5-11(2)15(9-13)20(22)23/h4-9H,1-3H3,(H,19,21). The summed E-state index contributed by atoms with van der Waals surface area (Å²) in [5, 5.41) is 14.6. The molecule has 24 heavy (non-hydrogen) atoms. The van der Waals surface area contributed by atoms with Crippen molar-refractivity contribution in [2.45, 2.75) is 20.8 Å². The van der Waals surface area contributed by atoms with E-state index in [2.05, 4.69) is 5.32 Å². The summed E-state index contributed by atoms with van der Waals surface area (Å²) in [4.78, 5) is 23.0. The summed E-state index contributed by atoms with van der Waals surface area (Å²) in [7, 11) is 0. The Bertz CT molecular complexity index is 973. The van der Waals surface area contributed by atoms with Crippen LogP contribution in [0.5, 0.6) is 0 Å². The molecule has 122 valence electrons. The molecular weight excluding hydrogens is 308 g/mol. The number of fused-ring (bicyclic) bond motifs is 1. The van der Waals surface area contributed by atoms with E-state index in [-0.39, 0.29) is 11.4 Å². The van der Waals surface area contributed by atoms with Gasteiger partial charge in [0.25, 0.3) is 11.6 Å². The molecule has 0 aliphatic rings. The highest BCUT2D eigenvalue weighted by Crippen LogP contribution is 2.28. The molecule has 2 aromatic carbocycles. The minimum absolute atomic E-state index is 0.0373. The molecule has 1 aromatic heterocycles. The molecule has 0 saturated heterocycles. The number of carbonyl (C=O) groups is 1. The Kier molecular flexibility index (Phi) is 3.81. The molecule has 6 nitrogen and oxygen atoms in total. The van der Waals surface area contributed by atoms with Gasteiger partial charge < -0.3 is 9.73 Å². The number of amides is 1. The first-order valence-corrected chi connectivity index (χ1v) is 7.43. The highest BCUT2D eigenvalue weighted by molar-refractivity contribution is 6.06. The minimum Gasteiger partial charge on any atom is -0.451 e. The van der Waals surface area contributed by atoms with Crippen molar-refractivity contribution >= 4 is 28.3 Å². The van der Waals surface area contributed by atoms with Gasteiger partial charge in [0.15, 0.2) is 5.76 Å². The predicted molar refractivity (Wildman–Crippen MR) is 91.5 cm³/mol. The molecule has 0 fully saturated rings. The lowest BCUT2D eigenvalue weighted by atomic mass is 10.1. The number of rotatable bonds is 3. The summed E-state index contributed by atoms with van der Waals surface area (Å²) in [6.45, 7) is 5.43. The Labute approximate surface area is 138 Å². The highest BCUT2D eigenvalue weighted by atomic mass is 16.6. The van der Waals surface area contributed by atoms with Gasteiger partial charge in [-0.25, -0.2) is 0 Å². The zero-order valence-corrected chi connectivity index (χ0v) is 13.5. The van der Waals surface area contributed by atoms with Crippen LogP contribution in [0.4, 0.5) is 11.4 Å². The van der Waals surface area contributed by atoms with Crippen molar-refractivity contribution in [3.8, 4) is 0 Å². The summed E-state index contributed by atoms with van der Waals surface area (Å²) >= 11 is 0. The summed E-state index contributed by atoms with van der Waals surface area (Å²) in [6.07, 6.45) is 0. The van der Waals surface area contributed by atoms with E-state index in [4.69, 9.17) is 4.42 Å². The normalized spacial score (nSPS) is 10.8. The third-order valence-corrected chi connectivity index (χ3v) is 3.96. The van der Waals surface area contributed by atoms with Gasteiger partial charge in [-0.15, -0.1) is 0 Å². The quantitative estimate of drug-likeness (QED) is 0.567. The van der Waals surface area contributed by atoms with Gasteiger partial charge in [0.1, 0.15) is 5.58 Å². The van der Waals surface area contributed by atoms with E-state index in [0.29, 0.717) is 16.8 Å². The first-order chi connectivity index (χ1) is 11.4. The number of furan rings is 1. The van der Waals surface area contributed by atoms with Gasteiger partial charge in [0.2, 0.25) is 0 Å². The van der Waals surface area contributed by atoms with Crippen molar-refractivity contribution < 1.29 is 14.1 Å². The molecular formula is C18H16N2O4. The van der Waals surface area contributed by atoms with Crippen LogP contribution in [0.3, 0.4) is 0 Å². The maximum absolute atomic E-state index is 12.5. The molecule has 3 aromatic rings. The van der Waals surface area contributed by atoms with Crippen LogP contribution in [0.25, 0.3) is 11.0 Å². The number of anilines is 1. The number of nitrogens with zero attached hydrogens (tertiary/aromatic N) is 1. The van der Waals surface area contributed by atoms with Crippen LogP contribution >= 0.6 is 0 Å². The molecule has 0 radical (unpaired) electrons. The number of hydrogen-bond donors (Lipinski definition) is 1. The Hall–Kier alpha value is -3.15. The van der Waals surface area contributed by atoms with Crippen molar-refractivity contribution in [1.29, 1.82) is 0 Å². The van der Waals surface area contributed by atoms with E-state index in [9.17, 15) is 14.9 Å². The average molecular weight is 324 g/mol. The number of nitrogens with one attached hydrogen (secondary N) is 1. The van der Waals surface area contributed by atoms with E-state index >= 15 is 0 Å². The van der Waals surface area contributed by atoms with Gasteiger partial charge >= 0.3 is 0 Å². The highest BCUT2D eigenvalue weighted by Gasteiger charge is 2.19. The first-order valence-electron chi connectivity index (χ1n) is 7.43. The van der Waals surface area contributed by atoms with Crippen LogP contribution in [-0.4, -0.2) is 10.8 Å². The Morgan fingerprint density at radius 3 is 2.58 bits per heavy atom. The fourth-order valence-corrected chi connectivity index (χ4v) is 2.62. The molecule has 1 N–H and O–H groups in total. The van der Waals surface area contributed by atoms with Crippen molar-refractivity contribution in [3.63, 3.8) is 0 Å². The van der Waals surface area contributed by atoms with Gasteiger partial charge in [-0.2, -0.15) is 0 Å². The summed E-state index contributed by atoms with van der Waals surface area (Å²) in [5.74, 6) is -0.224. The second-order valence-corrected chi connectivity index (χ2v) is 5.77. The smallest absolute Gasteiger partial charge is 0.291 e. The number of aryl methyl sites for hydroxylation is 3. The second-order valence-electron chi connectivity index (χ2n) is 5.77. The van der Waals surface area contributed by atoms with Crippen LogP contribution in [0, 0.1) is 30.9 Å². The third-order valence-electron chi connectivity index (χ3n) is 3.96. The fourth-order valence-electron chi connectivity index (χ4n) is 2.62. The van der Waals surface area contributed by atoms with Gasteiger partial charge in [-0.1, -0.05) is 17.7 Å². The summed E-state index contributed by atoms with van der Waals surface area (Å²) < 4.78 is 5.64. The second kappa shape index (κ2) is 5.81. The Morgan fingerprint density at radius 2 is 1.88 bits per heavy atom. The number of nitro benzene ring substituents is 1. The molecule has 0 unspecified atom stereocenters. The lowest BCUT2D eigenvalue weighted by Crippen LogP contribution is -2.12. The predicted octanol–water partition coefficient (Wildman–Crippen LogP) is 4.52. The lowest BCUT2D eigenvalue weighted by Gasteiger charge is -2.05. The van der Waals surface area contributed by atoms with Gasteiger partial charge in [-0.3, -0.25) is 14.9 Å². The molecule has 0 atom stereocenters. The molecule has 0 bridgehead atoms. The van der Waals surface area contributed by atoms with Gasteiger partial charge in [0, 0.05) is 28.3 Å². The van der Waals surface area contributed by atoms with Crippen molar-refractivity contribution in [2.75, 3.05) is 5.32 Å². The Morgan fingerprint density at radius 1 is 1.12 bits per heavy atom. The molecule has 3 rings (SSSR count). The zero-order chi connectivity index (χ0) is 17.4. The lowest BCUT2D eigenvalue weighted by molar-refractivity contribution is -0.385. The largest absolute Gasteiger partial charge is 0.451 e. The maximum Gasteiger partial charge on any atom is 0.291 e. The van der Waals surface area contributed by atoms with Crippen molar-refractivity contribution in [1.82, 2.24) is 0 Å². The molecule has 0 aliphatic heterocycles. The number of nitro groups is 1. The molecule has 6 heteroatoms. The van der Waals surface area contributed by atoms with Gasteiger partial charge in [0.05, 0.1) is 4.92 Å². The number of hydrogen-bond acceptors (Lipinski definition) is 4. The van der Waals surface area contributed by atoms with Crippen LogP contribution in [-0.2, 0) is 0 Å². The SMILES string of the molecule is Cc1ccc2oc(C(=O)Nc3ccc(C)c([N+](=O)[O-])c3)c(C)c2c1. The Balaban J connectivity index is 1.94. The average Bonchev–Trinajstić information content (AvgIpc) is 2.86. The van der Waals surface area contributed by atoms with Crippen LogP contribution in [0.2, 0.25) is 0 Å². The molecule has 0 aliphatic carbocycles. The van der Waals surface area contributed by atoms with E-state index in [1.807, 2.05) is 32.0 Å². The number of benzene rings is 2. The zero-order valence-electron chi connectivity index (χ0n) is 13.5. The molecule has 0 saturated carbocycles. The fraction of sp³-hybridized carbons (Fsp3) is 0.167. The monoisotopic (exact) mass is 324 g/mol. The van der Waals surface area contributed by atoms with Crippen LogP contribution in [0.15, 0.2) is 40.8 Å². The van der Waals surface area contributed by atoms with E-state index in [1.165, 1.54) is 6.07 Å².